The van der Waals surface area contributed by atoms with Gasteiger partial charge in [-0.15, -0.1) is 0 Å². The molecule has 1 aliphatic rings. The second kappa shape index (κ2) is 17.5. The molecule has 2 unspecified atom stereocenters. The van der Waals surface area contributed by atoms with Gasteiger partial charge < -0.3 is 34.3 Å². The van der Waals surface area contributed by atoms with Gasteiger partial charge in [0.05, 0.1) is 39.6 Å². The SMILES string of the molecule is COc1ccccc1COCCCOc1ccc(C2CCNCC2OCCOc2c(C)cccc2CCNC(C)=O)cc1. The van der Waals surface area contributed by atoms with E-state index in [1.165, 1.54) is 12.5 Å². The Morgan fingerprint density at radius 2 is 1.74 bits per heavy atom. The van der Waals surface area contributed by atoms with Crippen molar-refractivity contribution in [2.75, 3.05) is 53.2 Å². The Morgan fingerprint density at radius 3 is 2.56 bits per heavy atom. The number of piperidine rings is 1. The van der Waals surface area contributed by atoms with Gasteiger partial charge >= 0.3 is 0 Å². The highest BCUT2D eigenvalue weighted by molar-refractivity contribution is 5.72. The number of hydrogen-bond donors (Lipinski definition) is 2. The molecule has 2 atom stereocenters. The third-order valence-electron chi connectivity index (χ3n) is 7.61. The molecule has 0 saturated carbocycles. The summed E-state index contributed by atoms with van der Waals surface area (Å²) in [6, 6.07) is 22.4. The Bertz CT molecular complexity index is 1270. The molecule has 232 valence electrons. The summed E-state index contributed by atoms with van der Waals surface area (Å²) in [7, 11) is 1.68. The summed E-state index contributed by atoms with van der Waals surface area (Å²) in [5, 5.41) is 6.33. The highest BCUT2D eigenvalue weighted by atomic mass is 16.5. The lowest BCUT2D eigenvalue weighted by Gasteiger charge is -2.32. The highest BCUT2D eigenvalue weighted by Crippen LogP contribution is 2.29. The molecule has 0 bridgehead atoms. The lowest BCUT2D eigenvalue weighted by atomic mass is 9.88. The third kappa shape index (κ3) is 10.3. The molecule has 1 amide bonds. The summed E-state index contributed by atoms with van der Waals surface area (Å²) >= 11 is 0. The molecule has 0 aromatic heterocycles. The average Bonchev–Trinajstić information content (AvgIpc) is 3.02. The molecule has 4 rings (SSSR count). The van der Waals surface area contributed by atoms with Crippen LogP contribution in [0.2, 0.25) is 0 Å². The summed E-state index contributed by atoms with van der Waals surface area (Å²) < 4.78 is 29.7. The quantitative estimate of drug-likeness (QED) is 0.209. The number of benzene rings is 3. The molecular weight excluding hydrogens is 544 g/mol. The van der Waals surface area contributed by atoms with Crippen LogP contribution in [0.25, 0.3) is 0 Å². The van der Waals surface area contributed by atoms with E-state index >= 15 is 0 Å². The van der Waals surface area contributed by atoms with E-state index in [1.807, 2.05) is 55.5 Å². The largest absolute Gasteiger partial charge is 0.496 e. The lowest BCUT2D eigenvalue weighted by molar-refractivity contribution is -0.118. The number of para-hydroxylation sites is 2. The van der Waals surface area contributed by atoms with Gasteiger partial charge in [-0.1, -0.05) is 48.5 Å². The van der Waals surface area contributed by atoms with Crippen LogP contribution in [0.1, 0.15) is 47.9 Å². The summed E-state index contributed by atoms with van der Waals surface area (Å²) in [5.74, 6) is 2.88. The fourth-order valence-electron chi connectivity index (χ4n) is 5.39. The van der Waals surface area contributed by atoms with Gasteiger partial charge in [-0.05, 0) is 61.2 Å². The Kier molecular flexibility index (Phi) is 13.2. The van der Waals surface area contributed by atoms with Gasteiger partial charge in [-0.2, -0.15) is 0 Å². The third-order valence-corrected chi connectivity index (χ3v) is 7.61. The normalized spacial score (nSPS) is 16.4. The summed E-state index contributed by atoms with van der Waals surface area (Å²) in [6.07, 6.45) is 2.62. The van der Waals surface area contributed by atoms with Crippen LogP contribution in [-0.4, -0.2) is 65.2 Å². The number of amides is 1. The highest BCUT2D eigenvalue weighted by Gasteiger charge is 2.27. The van der Waals surface area contributed by atoms with Gasteiger partial charge in [0.1, 0.15) is 23.9 Å². The fourth-order valence-corrected chi connectivity index (χ4v) is 5.39. The second-order valence-electron chi connectivity index (χ2n) is 10.8. The van der Waals surface area contributed by atoms with Gasteiger partial charge in [0.25, 0.3) is 0 Å². The number of methoxy groups -OCH3 is 1. The lowest BCUT2D eigenvalue weighted by Crippen LogP contribution is -2.41. The van der Waals surface area contributed by atoms with Crippen LogP contribution in [-0.2, 0) is 27.3 Å². The van der Waals surface area contributed by atoms with Crippen LogP contribution >= 0.6 is 0 Å². The predicted octanol–water partition coefficient (Wildman–Crippen LogP) is 5.21. The first kappa shape index (κ1) is 32.3. The number of nitrogens with one attached hydrogen (secondary N) is 2. The monoisotopic (exact) mass is 590 g/mol. The van der Waals surface area contributed by atoms with Crippen molar-refractivity contribution < 1.29 is 28.5 Å². The number of aryl methyl sites for hydroxylation is 1. The van der Waals surface area contributed by atoms with Crippen molar-refractivity contribution in [3.05, 3.63) is 89.0 Å². The van der Waals surface area contributed by atoms with Crippen molar-refractivity contribution in [2.45, 2.75) is 51.7 Å². The molecule has 3 aromatic rings. The Hall–Kier alpha value is -3.59. The van der Waals surface area contributed by atoms with Crippen LogP contribution in [0.3, 0.4) is 0 Å². The van der Waals surface area contributed by atoms with Gasteiger partial charge in [-0.25, -0.2) is 0 Å². The first-order valence-corrected chi connectivity index (χ1v) is 15.3. The molecular formula is C35H46N2O6. The van der Waals surface area contributed by atoms with Gasteiger partial charge in [0, 0.05) is 37.9 Å². The zero-order chi connectivity index (χ0) is 30.3. The summed E-state index contributed by atoms with van der Waals surface area (Å²) in [5.41, 5.74) is 4.48. The maximum Gasteiger partial charge on any atom is 0.216 e. The van der Waals surface area contributed by atoms with E-state index in [4.69, 9.17) is 23.7 Å². The van der Waals surface area contributed by atoms with Gasteiger partial charge in [-0.3, -0.25) is 4.79 Å². The first-order chi connectivity index (χ1) is 21.0. The molecule has 2 N–H and O–H groups in total. The van der Waals surface area contributed by atoms with Crippen LogP contribution in [0.5, 0.6) is 17.2 Å². The fraction of sp³-hybridized carbons (Fsp3) is 0.457. The average molecular weight is 591 g/mol. The molecule has 8 nitrogen and oxygen atoms in total. The maximum absolute atomic E-state index is 11.2. The van der Waals surface area contributed by atoms with Crippen molar-refractivity contribution in [1.82, 2.24) is 10.6 Å². The number of rotatable bonds is 17. The summed E-state index contributed by atoms with van der Waals surface area (Å²) in [6.45, 7) is 8.66. The number of hydrogen-bond acceptors (Lipinski definition) is 7. The van der Waals surface area contributed by atoms with Gasteiger partial charge in [0.15, 0.2) is 0 Å². The van der Waals surface area contributed by atoms with E-state index in [1.54, 1.807) is 7.11 Å². The molecule has 3 aromatic carbocycles. The first-order valence-electron chi connectivity index (χ1n) is 15.3. The molecule has 43 heavy (non-hydrogen) atoms. The van der Waals surface area contributed by atoms with Crippen molar-refractivity contribution >= 4 is 5.91 Å². The van der Waals surface area contributed by atoms with Crippen molar-refractivity contribution in [3.63, 3.8) is 0 Å². The van der Waals surface area contributed by atoms with Gasteiger partial charge in [0.2, 0.25) is 5.91 Å². The van der Waals surface area contributed by atoms with E-state index in [9.17, 15) is 4.79 Å². The minimum atomic E-state index is -0.0245. The van der Waals surface area contributed by atoms with Crippen molar-refractivity contribution in [3.8, 4) is 17.2 Å². The molecule has 0 aliphatic carbocycles. The van der Waals surface area contributed by atoms with E-state index in [0.717, 1.165) is 66.3 Å². The molecule has 1 heterocycles. The Labute approximate surface area is 256 Å². The molecule has 0 spiro atoms. The van der Waals surface area contributed by atoms with E-state index in [-0.39, 0.29) is 12.0 Å². The van der Waals surface area contributed by atoms with E-state index < -0.39 is 0 Å². The molecule has 1 saturated heterocycles. The molecule has 8 heteroatoms. The zero-order valence-electron chi connectivity index (χ0n) is 25.7. The van der Waals surface area contributed by atoms with Crippen LogP contribution < -0.4 is 24.8 Å². The van der Waals surface area contributed by atoms with Crippen LogP contribution in [0.4, 0.5) is 0 Å². The Balaban J connectivity index is 1.19. The number of ether oxygens (including phenoxy) is 5. The maximum atomic E-state index is 11.2. The van der Waals surface area contributed by atoms with Crippen molar-refractivity contribution in [1.29, 1.82) is 0 Å². The zero-order valence-corrected chi connectivity index (χ0v) is 25.7. The van der Waals surface area contributed by atoms with Crippen LogP contribution in [0, 0.1) is 6.92 Å². The van der Waals surface area contributed by atoms with Crippen molar-refractivity contribution in [2.24, 2.45) is 0 Å². The standard InChI is InChI=1S/C35H46N2O6/c1-26-8-6-10-29(16-19-37-27(2)38)35(26)43-23-22-42-34-24-36-18-17-32(34)28-12-14-31(15-13-28)41-21-7-20-40-25-30-9-4-5-11-33(30)39-3/h4-6,8-15,32,34,36H,7,16-25H2,1-3H3,(H,37,38). The molecule has 1 fully saturated rings. The minimum Gasteiger partial charge on any atom is -0.496 e. The second-order valence-corrected chi connectivity index (χ2v) is 10.8. The Morgan fingerprint density at radius 1 is 0.930 bits per heavy atom. The van der Waals surface area contributed by atoms with Crippen LogP contribution in [0.15, 0.2) is 66.7 Å². The van der Waals surface area contributed by atoms with E-state index in [2.05, 4.69) is 28.8 Å². The minimum absolute atomic E-state index is 0.0245. The predicted molar refractivity (Wildman–Crippen MR) is 168 cm³/mol. The topological polar surface area (TPSA) is 87.3 Å². The smallest absolute Gasteiger partial charge is 0.216 e. The van der Waals surface area contributed by atoms with E-state index in [0.29, 0.717) is 45.5 Å². The summed E-state index contributed by atoms with van der Waals surface area (Å²) in [4.78, 5) is 11.2. The molecule has 1 aliphatic heterocycles. The number of carbonyl (C=O) groups excluding carboxylic acids is 1. The molecule has 0 radical (unpaired) electrons. The number of carbonyl (C=O) groups is 1.